The molecule has 0 aliphatic heterocycles. The predicted molar refractivity (Wildman–Crippen MR) is 90.4 cm³/mol. The van der Waals surface area contributed by atoms with Gasteiger partial charge in [-0.1, -0.05) is 38.6 Å². The van der Waals surface area contributed by atoms with E-state index in [0.29, 0.717) is 13.2 Å². The fourth-order valence-electron chi connectivity index (χ4n) is 1.15. The van der Waals surface area contributed by atoms with Crippen LogP contribution in [-0.2, 0) is 30.6 Å². The van der Waals surface area contributed by atoms with Gasteiger partial charge in [-0.15, -0.1) is 6.58 Å². The Morgan fingerprint density at radius 3 is 2.52 bits per heavy atom. The summed E-state index contributed by atoms with van der Waals surface area (Å²) in [6, 6.07) is 0. The van der Waals surface area contributed by atoms with E-state index in [-0.39, 0.29) is 6.79 Å². The number of hydrogen-bond donors (Lipinski definition) is 0. The SMILES string of the molecule is C=CCCCC(=C=[C-][Si](C)(C)C)OCOCCOC.[Zn+][Br]. The Kier molecular flexibility index (Phi) is 18.7. The topological polar surface area (TPSA) is 27.7 Å². The number of allylic oxidation sites excluding steroid dienone is 2. The minimum absolute atomic E-state index is 0.243. The molecule has 0 aromatic carbocycles. The van der Waals surface area contributed by atoms with E-state index in [4.69, 9.17) is 14.2 Å². The molecular weight excluding hydrogens is 402 g/mol. The van der Waals surface area contributed by atoms with E-state index >= 15 is 0 Å². The number of ether oxygens (including phenoxy) is 3. The van der Waals surface area contributed by atoms with Gasteiger partial charge in [0.2, 0.25) is 0 Å². The Morgan fingerprint density at radius 2 is 2.00 bits per heavy atom. The van der Waals surface area contributed by atoms with Crippen LogP contribution in [0.4, 0.5) is 0 Å². The molecule has 21 heavy (non-hydrogen) atoms. The molecule has 0 aliphatic carbocycles. The molecule has 0 heterocycles. The van der Waals surface area contributed by atoms with Crippen molar-refractivity contribution in [3.8, 4) is 0 Å². The minimum atomic E-state index is -1.37. The van der Waals surface area contributed by atoms with Crippen LogP contribution in [0, 0.1) is 5.70 Å². The molecule has 0 saturated carbocycles. The summed E-state index contributed by atoms with van der Waals surface area (Å²) in [7, 11) is 0.279. The van der Waals surface area contributed by atoms with Crippen molar-refractivity contribution >= 4 is 21.7 Å². The van der Waals surface area contributed by atoms with Crippen LogP contribution < -0.4 is 0 Å². The molecule has 0 saturated heterocycles. The molecule has 0 aromatic rings. The van der Waals surface area contributed by atoms with Crippen LogP contribution >= 0.6 is 13.6 Å². The fourth-order valence-corrected chi connectivity index (χ4v) is 1.66. The fraction of sp³-hybridized carbons (Fsp3) is 0.667. The quantitative estimate of drug-likeness (QED) is 0.0919. The van der Waals surface area contributed by atoms with E-state index < -0.39 is 8.07 Å². The number of methoxy groups -OCH3 is 1. The van der Waals surface area contributed by atoms with Gasteiger partial charge in [0.25, 0.3) is 0 Å². The molecule has 0 fully saturated rings. The molecule has 0 spiro atoms. The monoisotopic (exact) mass is 426 g/mol. The molecule has 0 bridgehead atoms. The van der Waals surface area contributed by atoms with Crippen LogP contribution in [0.5, 0.6) is 0 Å². The maximum atomic E-state index is 5.58. The molecule has 0 aromatic heterocycles. The number of unbranched alkanes of at least 4 members (excludes halogenated alkanes) is 1. The van der Waals surface area contributed by atoms with Crippen LogP contribution in [0.2, 0.25) is 19.6 Å². The number of hydrogen-bond acceptors (Lipinski definition) is 3. The van der Waals surface area contributed by atoms with Crippen molar-refractivity contribution in [1.29, 1.82) is 0 Å². The Bertz CT molecular complexity index is 311. The first-order valence-corrected chi connectivity index (χ1v) is 17.4. The molecular formula is C15H27BrO3SiZn. The summed E-state index contributed by atoms with van der Waals surface area (Å²) in [5.41, 5.74) is 6.49. The van der Waals surface area contributed by atoms with Gasteiger partial charge in [0, 0.05) is 7.11 Å². The van der Waals surface area contributed by atoms with Gasteiger partial charge in [-0.05, 0) is 20.3 Å². The van der Waals surface area contributed by atoms with Crippen LogP contribution in [0.1, 0.15) is 19.3 Å². The van der Waals surface area contributed by atoms with Crippen LogP contribution in [-0.4, -0.2) is 35.2 Å². The van der Waals surface area contributed by atoms with Crippen molar-refractivity contribution in [1.82, 2.24) is 0 Å². The van der Waals surface area contributed by atoms with Gasteiger partial charge >= 0.3 is 30.0 Å². The van der Waals surface area contributed by atoms with Gasteiger partial charge in [0.05, 0.1) is 13.2 Å². The van der Waals surface area contributed by atoms with E-state index in [1.807, 2.05) is 6.08 Å². The van der Waals surface area contributed by atoms with Crippen LogP contribution in [0.15, 0.2) is 24.1 Å². The molecule has 0 atom stereocenters. The Morgan fingerprint density at radius 1 is 1.33 bits per heavy atom. The zero-order valence-corrected chi connectivity index (χ0v) is 19.4. The van der Waals surface area contributed by atoms with Gasteiger partial charge in [-0.3, -0.25) is 5.73 Å². The first-order chi connectivity index (χ1) is 9.99. The second-order valence-electron chi connectivity index (χ2n) is 5.27. The number of halogens is 1. The van der Waals surface area contributed by atoms with E-state index in [2.05, 4.69) is 51.3 Å². The molecule has 3 nitrogen and oxygen atoms in total. The van der Waals surface area contributed by atoms with E-state index in [1.165, 1.54) is 16.3 Å². The van der Waals surface area contributed by atoms with Gasteiger partial charge in [-0.25, -0.2) is 5.70 Å². The molecule has 118 valence electrons. The molecule has 0 amide bonds. The van der Waals surface area contributed by atoms with Gasteiger partial charge in [-0.2, -0.15) is 0 Å². The third-order valence-electron chi connectivity index (χ3n) is 2.14. The molecule has 0 aliphatic rings. The third-order valence-corrected chi connectivity index (χ3v) is 3.01. The molecule has 0 radical (unpaired) electrons. The number of rotatable bonds is 11. The maximum absolute atomic E-state index is 5.58. The summed E-state index contributed by atoms with van der Waals surface area (Å²) >= 11 is 4.25. The van der Waals surface area contributed by atoms with E-state index in [0.717, 1.165) is 25.0 Å². The zero-order valence-electron chi connectivity index (χ0n) is 13.8. The average molecular weight is 429 g/mol. The Hall–Kier alpha value is 0.300. The summed E-state index contributed by atoms with van der Waals surface area (Å²) in [5, 5.41) is 0. The molecule has 0 unspecified atom stereocenters. The Labute approximate surface area is 147 Å². The normalized spacial score (nSPS) is 10.0. The van der Waals surface area contributed by atoms with Gasteiger partial charge in [0.15, 0.2) is 6.79 Å². The van der Waals surface area contributed by atoms with Crippen molar-refractivity contribution in [3.05, 3.63) is 29.8 Å². The van der Waals surface area contributed by atoms with Crippen molar-refractivity contribution in [2.45, 2.75) is 38.9 Å². The third kappa shape index (κ3) is 20.3. The molecule has 6 heteroatoms. The van der Waals surface area contributed by atoms with Crippen molar-refractivity contribution in [2.24, 2.45) is 0 Å². The second-order valence-corrected chi connectivity index (χ2v) is 10.0. The summed E-state index contributed by atoms with van der Waals surface area (Å²) in [5.74, 6) is 0.821. The summed E-state index contributed by atoms with van der Waals surface area (Å²) in [4.78, 5) is 0. The molecule has 0 N–H and O–H groups in total. The van der Waals surface area contributed by atoms with Crippen LogP contribution in [0.3, 0.4) is 0 Å². The first-order valence-electron chi connectivity index (χ1n) is 6.95. The van der Waals surface area contributed by atoms with Crippen molar-refractivity contribution in [2.75, 3.05) is 27.1 Å². The standard InChI is InChI=1S/C15H27O3Si.BrH.Zn/c1-6-7-8-9-15(10-13-19(3,4)5)18-14-17-12-11-16-2;;/h6H,1,7-9,11-12,14H2,2-5H3;1H;/q-1;;+2/p-1. The average Bonchev–Trinajstić information content (AvgIpc) is 2.45. The Balaban J connectivity index is 0. The summed E-state index contributed by atoms with van der Waals surface area (Å²) in [6.07, 6.45) is 4.75. The van der Waals surface area contributed by atoms with Gasteiger partial charge < -0.3 is 14.2 Å². The first kappa shape index (κ1) is 23.6. The predicted octanol–water partition coefficient (Wildman–Crippen LogP) is 4.54. The van der Waals surface area contributed by atoms with E-state index in [1.54, 1.807) is 7.11 Å². The second kappa shape index (κ2) is 16.7. The van der Waals surface area contributed by atoms with Crippen molar-refractivity contribution in [3.63, 3.8) is 0 Å². The van der Waals surface area contributed by atoms with Crippen molar-refractivity contribution < 1.29 is 30.6 Å². The van der Waals surface area contributed by atoms with E-state index in [9.17, 15) is 0 Å². The van der Waals surface area contributed by atoms with Crippen LogP contribution in [0.25, 0.3) is 0 Å². The summed E-state index contributed by atoms with van der Waals surface area (Å²) in [6.45, 7) is 11.7. The zero-order chi connectivity index (χ0) is 16.6. The van der Waals surface area contributed by atoms with Gasteiger partial charge in [0.1, 0.15) is 0 Å². The summed E-state index contributed by atoms with van der Waals surface area (Å²) < 4.78 is 15.8. The molecule has 0 rings (SSSR count).